The van der Waals surface area contributed by atoms with Gasteiger partial charge >= 0.3 is 5.97 Å². The van der Waals surface area contributed by atoms with Gasteiger partial charge in [-0.2, -0.15) is 0 Å². The average molecular weight is 224 g/mol. The molecule has 0 saturated heterocycles. The second-order valence-electron chi connectivity index (χ2n) is 5.20. The van der Waals surface area contributed by atoms with Gasteiger partial charge in [0, 0.05) is 5.57 Å². The van der Waals surface area contributed by atoms with Crippen LogP contribution in [0.2, 0.25) is 0 Å². The average Bonchev–Trinajstić information content (AvgIpc) is 2.24. The maximum Gasteiger partial charge on any atom is 0.333 e. The van der Waals surface area contributed by atoms with Crippen LogP contribution in [-0.2, 0) is 9.53 Å². The molecule has 0 aromatic carbocycles. The Morgan fingerprint density at radius 3 is 2.81 bits per heavy atom. The van der Waals surface area contributed by atoms with Gasteiger partial charge in [0.25, 0.3) is 0 Å². The second-order valence-corrected chi connectivity index (χ2v) is 5.20. The van der Waals surface area contributed by atoms with Gasteiger partial charge in [-0.15, -0.1) is 0 Å². The molecule has 0 bridgehead atoms. The summed E-state index contributed by atoms with van der Waals surface area (Å²) in [6, 6.07) is 0. The van der Waals surface area contributed by atoms with Crippen molar-refractivity contribution in [3.8, 4) is 0 Å². The van der Waals surface area contributed by atoms with Crippen LogP contribution in [0.4, 0.5) is 0 Å². The Morgan fingerprint density at radius 1 is 1.44 bits per heavy atom. The first-order chi connectivity index (χ1) is 7.59. The summed E-state index contributed by atoms with van der Waals surface area (Å²) < 4.78 is 5.08. The van der Waals surface area contributed by atoms with E-state index in [0.717, 1.165) is 18.3 Å². The monoisotopic (exact) mass is 224 g/mol. The van der Waals surface area contributed by atoms with Crippen molar-refractivity contribution in [2.45, 2.75) is 52.4 Å². The molecule has 2 atom stereocenters. The van der Waals surface area contributed by atoms with Crippen LogP contribution in [0, 0.1) is 11.8 Å². The molecule has 0 heterocycles. The zero-order valence-electron chi connectivity index (χ0n) is 10.6. The number of hydrogen-bond acceptors (Lipinski definition) is 2. The molecule has 0 aromatic heterocycles. The highest BCUT2D eigenvalue weighted by atomic mass is 16.5. The van der Waals surface area contributed by atoms with Crippen molar-refractivity contribution in [2.24, 2.45) is 11.8 Å². The van der Waals surface area contributed by atoms with E-state index in [1.165, 1.54) is 32.1 Å². The number of ether oxygens (including phenoxy) is 1. The van der Waals surface area contributed by atoms with E-state index in [0.29, 0.717) is 12.2 Å². The van der Waals surface area contributed by atoms with E-state index in [1.54, 1.807) is 6.92 Å². The molecule has 2 unspecified atom stereocenters. The largest absolute Gasteiger partial charge is 0.462 e. The van der Waals surface area contributed by atoms with Crippen LogP contribution in [-0.4, -0.2) is 12.6 Å². The van der Waals surface area contributed by atoms with Crippen molar-refractivity contribution in [3.05, 3.63) is 12.2 Å². The molecule has 0 radical (unpaired) electrons. The third kappa shape index (κ3) is 4.82. The quantitative estimate of drug-likeness (QED) is 0.404. The Bertz CT molecular complexity index is 245. The van der Waals surface area contributed by atoms with Crippen molar-refractivity contribution in [2.75, 3.05) is 6.61 Å². The first-order valence-corrected chi connectivity index (χ1v) is 6.42. The molecular formula is C14H24O2. The summed E-state index contributed by atoms with van der Waals surface area (Å²) in [5.74, 6) is 1.49. The van der Waals surface area contributed by atoms with Crippen LogP contribution in [0.5, 0.6) is 0 Å². The third-order valence-electron chi connectivity index (χ3n) is 3.38. The molecule has 0 aliphatic heterocycles. The molecule has 2 heteroatoms. The summed E-state index contributed by atoms with van der Waals surface area (Å²) >= 11 is 0. The Labute approximate surface area is 99.1 Å². The Hall–Kier alpha value is -0.790. The van der Waals surface area contributed by atoms with Crippen LogP contribution < -0.4 is 0 Å². The molecule has 1 rings (SSSR count). The van der Waals surface area contributed by atoms with Crippen molar-refractivity contribution in [3.63, 3.8) is 0 Å². The van der Waals surface area contributed by atoms with Gasteiger partial charge in [-0.1, -0.05) is 32.8 Å². The van der Waals surface area contributed by atoms with Crippen LogP contribution in [0.15, 0.2) is 12.2 Å². The topological polar surface area (TPSA) is 26.3 Å². The Balaban J connectivity index is 2.06. The zero-order valence-corrected chi connectivity index (χ0v) is 10.6. The number of hydrogen-bond donors (Lipinski definition) is 0. The van der Waals surface area contributed by atoms with E-state index in [1.807, 2.05) is 0 Å². The fraction of sp³-hybridized carbons (Fsp3) is 0.786. The molecule has 1 saturated carbocycles. The number of carbonyl (C=O) groups is 1. The van der Waals surface area contributed by atoms with Gasteiger partial charge in [-0.25, -0.2) is 4.79 Å². The molecule has 2 nitrogen and oxygen atoms in total. The smallest absolute Gasteiger partial charge is 0.333 e. The standard InChI is InChI=1S/C14H24O2/c1-11(2)14(15)16-9-5-8-13-7-4-6-12(3)10-13/h12-13H,1,4-10H2,2-3H3. The summed E-state index contributed by atoms with van der Waals surface area (Å²) in [7, 11) is 0. The lowest BCUT2D eigenvalue weighted by molar-refractivity contribution is -0.139. The zero-order chi connectivity index (χ0) is 12.0. The highest BCUT2D eigenvalue weighted by Gasteiger charge is 2.18. The van der Waals surface area contributed by atoms with Gasteiger partial charge in [0.1, 0.15) is 0 Å². The minimum atomic E-state index is -0.253. The molecule has 1 aliphatic carbocycles. The molecule has 1 fully saturated rings. The van der Waals surface area contributed by atoms with Gasteiger partial charge in [0.2, 0.25) is 0 Å². The molecular weight excluding hydrogens is 200 g/mol. The van der Waals surface area contributed by atoms with Gasteiger partial charge in [0.05, 0.1) is 6.61 Å². The highest BCUT2D eigenvalue weighted by molar-refractivity contribution is 5.86. The molecule has 1 aliphatic rings. The van der Waals surface area contributed by atoms with E-state index in [2.05, 4.69) is 13.5 Å². The van der Waals surface area contributed by atoms with Crippen molar-refractivity contribution >= 4 is 5.97 Å². The maximum atomic E-state index is 11.1. The molecule has 0 N–H and O–H groups in total. The minimum absolute atomic E-state index is 0.253. The second kappa shape index (κ2) is 6.72. The van der Waals surface area contributed by atoms with E-state index >= 15 is 0 Å². The predicted molar refractivity (Wildman–Crippen MR) is 66.1 cm³/mol. The predicted octanol–water partition coefficient (Wildman–Crippen LogP) is 3.71. The first kappa shape index (κ1) is 13.3. The summed E-state index contributed by atoms with van der Waals surface area (Å²) in [5.41, 5.74) is 0.492. The van der Waals surface area contributed by atoms with E-state index in [9.17, 15) is 4.79 Å². The summed E-state index contributed by atoms with van der Waals surface area (Å²) in [6.07, 6.45) is 7.68. The van der Waals surface area contributed by atoms with Gasteiger partial charge in [-0.05, 0) is 38.0 Å². The van der Waals surface area contributed by atoms with E-state index in [-0.39, 0.29) is 5.97 Å². The van der Waals surface area contributed by atoms with Gasteiger partial charge in [-0.3, -0.25) is 0 Å². The van der Waals surface area contributed by atoms with E-state index in [4.69, 9.17) is 4.74 Å². The number of esters is 1. The normalized spacial score (nSPS) is 25.1. The number of rotatable bonds is 5. The van der Waals surface area contributed by atoms with Crippen molar-refractivity contribution in [1.82, 2.24) is 0 Å². The molecule has 92 valence electrons. The highest BCUT2D eigenvalue weighted by Crippen LogP contribution is 2.31. The van der Waals surface area contributed by atoms with Crippen LogP contribution in [0.1, 0.15) is 52.4 Å². The summed E-state index contributed by atoms with van der Waals surface area (Å²) in [4.78, 5) is 11.1. The fourth-order valence-corrected chi connectivity index (χ4v) is 2.48. The molecule has 0 aromatic rings. The third-order valence-corrected chi connectivity index (χ3v) is 3.38. The van der Waals surface area contributed by atoms with Gasteiger partial charge < -0.3 is 4.74 Å². The molecule has 0 spiro atoms. The van der Waals surface area contributed by atoms with Crippen LogP contribution in [0.3, 0.4) is 0 Å². The first-order valence-electron chi connectivity index (χ1n) is 6.42. The Morgan fingerprint density at radius 2 is 2.19 bits per heavy atom. The minimum Gasteiger partial charge on any atom is -0.462 e. The maximum absolute atomic E-state index is 11.1. The van der Waals surface area contributed by atoms with Gasteiger partial charge in [0.15, 0.2) is 0 Å². The van der Waals surface area contributed by atoms with E-state index < -0.39 is 0 Å². The fourth-order valence-electron chi connectivity index (χ4n) is 2.48. The van der Waals surface area contributed by atoms with Crippen LogP contribution >= 0.6 is 0 Å². The lowest BCUT2D eigenvalue weighted by atomic mass is 9.80. The SMILES string of the molecule is C=C(C)C(=O)OCCCC1CCCC(C)C1. The lowest BCUT2D eigenvalue weighted by Gasteiger charge is -2.26. The van der Waals surface area contributed by atoms with Crippen LogP contribution in [0.25, 0.3) is 0 Å². The molecule has 0 amide bonds. The summed E-state index contributed by atoms with van der Waals surface area (Å²) in [6.45, 7) is 8.14. The molecule has 16 heavy (non-hydrogen) atoms. The Kier molecular flexibility index (Phi) is 5.58. The lowest BCUT2D eigenvalue weighted by Crippen LogP contribution is -2.14. The van der Waals surface area contributed by atoms with Crippen molar-refractivity contribution in [1.29, 1.82) is 0 Å². The summed E-state index contributed by atoms with van der Waals surface area (Å²) in [5, 5.41) is 0. The van der Waals surface area contributed by atoms with Crippen molar-refractivity contribution < 1.29 is 9.53 Å². The number of carbonyl (C=O) groups excluding carboxylic acids is 1.